The summed E-state index contributed by atoms with van der Waals surface area (Å²) in [7, 11) is 0. The van der Waals surface area contributed by atoms with Crippen LogP contribution in [-0.2, 0) is 6.42 Å². The van der Waals surface area contributed by atoms with E-state index < -0.39 is 5.97 Å². The smallest absolute Gasteiger partial charge is 0.335 e. The molecule has 1 N–H and O–H groups in total. The van der Waals surface area contributed by atoms with Gasteiger partial charge >= 0.3 is 5.97 Å². The number of nitrogens with zero attached hydrogens (tertiary/aromatic N) is 1. The lowest BCUT2D eigenvalue weighted by atomic mass is 10.1. The van der Waals surface area contributed by atoms with E-state index in [2.05, 4.69) is 4.98 Å². The number of hydrogen-bond acceptors (Lipinski definition) is 3. The second-order valence-corrected chi connectivity index (χ2v) is 5.09. The van der Waals surface area contributed by atoms with Crippen molar-refractivity contribution in [3.63, 3.8) is 0 Å². The molecule has 1 heterocycles. The number of rotatable bonds is 5. The lowest BCUT2D eigenvalue weighted by Crippen LogP contribution is -2.02. The Morgan fingerprint density at radius 1 is 1.19 bits per heavy atom. The van der Waals surface area contributed by atoms with Crippen LogP contribution in [0, 0.1) is 13.8 Å². The molecule has 0 fully saturated rings. The maximum atomic E-state index is 11.2. The van der Waals surface area contributed by atoms with E-state index >= 15 is 0 Å². The van der Waals surface area contributed by atoms with Gasteiger partial charge in [0, 0.05) is 11.8 Å². The maximum absolute atomic E-state index is 11.2. The maximum Gasteiger partial charge on any atom is 0.335 e. The molecule has 2 aromatic rings. The average Bonchev–Trinajstić information content (AvgIpc) is 2.43. The summed E-state index contributed by atoms with van der Waals surface area (Å²) in [5.41, 5.74) is 3.24. The monoisotopic (exact) mass is 285 g/mol. The van der Waals surface area contributed by atoms with Crippen molar-refractivity contribution < 1.29 is 14.6 Å². The molecule has 0 saturated heterocycles. The number of aromatic nitrogens is 1. The molecule has 4 heteroatoms. The third kappa shape index (κ3) is 3.81. The number of carbonyl (C=O) groups is 1. The number of ether oxygens (including phenoxy) is 1. The highest BCUT2D eigenvalue weighted by Crippen LogP contribution is 2.24. The summed E-state index contributed by atoms with van der Waals surface area (Å²) in [6.07, 6.45) is 1.63. The molecule has 4 nitrogen and oxygen atoms in total. The zero-order valence-electron chi connectivity index (χ0n) is 12.5. The Morgan fingerprint density at radius 2 is 1.95 bits per heavy atom. The van der Waals surface area contributed by atoms with Gasteiger partial charge in [0.2, 0.25) is 5.88 Å². The topological polar surface area (TPSA) is 59.4 Å². The summed E-state index contributed by atoms with van der Waals surface area (Å²) in [4.78, 5) is 15.5. The van der Waals surface area contributed by atoms with Crippen molar-refractivity contribution in [1.82, 2.24) is 4.98 Å². The first-order valence-corrected chi connectivity index (χ1v) is 6.99. The van der Waals surface area contributed by atoms with Crippen molar-refractivity contribution in [2.24, 2.45) is 0 Å². The Hall–Kier alpha value is -2.36. The van der Waals surface area contributed by atoms with Gasteiger partial charge in [-0.05, 0) is 49.6 Å². The number of hydrogen-bond donors (Lipinski definition) is 1. The van der Waals surface area contributed by atoms with Gasteiger partial charge in [-0.15, -0.1) is 0 Å². The Morgan fingerprint density at radius 3 is 2.57 bits per heavy atom. The summed E-state index contributed by atoms with van der Waals surface area (Å²) in [6, 6.07) is 8.80. The van der Waals surface area contributed by atoms with Crippen molar-refractivity contribution >= 4 is 5.97 Å². The quantitative estimate of drug-likeness (QED) is 0.896. The Balaban J connectivity index is 2.33. The predicted molar refractivity (Wildman–Crippen MR) is 81.2 cm³/mol. The SMILES string of the molecule is CCCc1cc(C(=O)O)cc(Oc2ccc(C)c(C)c2)n1. The van der Waals surface area contributed by atoms with Gasteiger partial charge in [-0.1, -0.05) is 19.4 Å². The standard InChI is InChI=1S/C17H19NO3/c1-4-5-14-9-13(17(19)20)10-16(18-14)21-15-7-6-11(2)12(3)8-15/h6-10H,4-5H2,1-3H3,(H,19,20). The lowest BCUT2D eigenvalue weighted by Gasteiger charge is -2.09. The van der Waals surface area contributed by atoms with E-state index in [1.54, 1.807) is 6.07 Å². The minimum atomic E-state index is -0.973. The van der Waals surface area contributed by atoms with Crippen molar-refractivity contribution in [2.75, 3.05) is 0 Å². The molecule has 2 rings (SSSR count). The molecule has 0 aliphatic carbocycles. The molecule has 0 atom stereocenters. The van der Waals surface area contributed by atoms with Crippen LogP contribution in [0.2, 0.25) is 0 Å². The minimum absolute atomic E-state index is 0.201. The zero-order chi connectivity index (χ0) is 15.4. The molecular formula is C17H19NO3. The van der Waals surface area contributed by atoms with Crippen LogP contribution < -0.4 is 4.74 Å². The number of carboxylic acid groups (broad SMARTS) is 1. The fourth-order valence-corrected chi connectivity index (χ4v) is 2.02. The van der Waals surface area contributed by atoms with E-state index in [0.717, 1.165) is 24.1 Å². The highest BCUT2D eigenvalue weighted by molar-refractivity contribution is 5.88. The first-order valence-electron chi connectivity index (χ1n) is 6.99. The number of benzene rings is 1. The lowest BCUT2D eigenvalue weighted by molar-refractivity contribution is 0.0696. The second-order valence-electron chi connectivity index (χ2n) is 5.09. The van der Waals surface area contributed by atoms with Crippen LogP contribution in [0.1, 0.15) is 40.5 Å². The van der Waals surface area contributed by atoms with Crippen LogP contribution in [0.3, 0.4) is 0 Å². The van der Waals surface area contributed by atoms with Crippen LogP contribution in [0.15, 0.2) is 30.3 Å². The van der Waals surface area contributed by atoms with Gasteiger partial charge in [-0.3, -0.25) is 0 Å². The molecule has 0 amide bonds. The molecule has 0 bridgehead atoms. The largest absolute Gasteiger partial charge is 0.478 e. The van der Waals surface area contributed by atoms with E-state index in [9.17, 15) is 4.79 Å². The number of pyridine rings is 1. The van der Waals surface area contributed by atoms with Crippen LogP contribution in [0.5, 0.6) is 11.6 Å². The van der Waals surface area contributed by atoms with Crippen molar-refractivity contribution in [3.05, 3.63) is 52.7 Å². The molecule has 0 aliphatic heterocycles. The van der Waals surface area contributed by atoms with E-state index in [-0.39, 0.29) is 5.56 Å². The Labute approximate surface area is 124 Å². The summed E-state index contributed by atoms with van der Waals surface area (Å²) in [5.74, 6) is 0.0110. The van der Waals surface area contributed by atoms with Crippen molar-refractivity contribution in [2.45, 2.75) is 33.6 Å². The van der Waals surface area contributed by atoms with Gasteiger partial charge in [-0.25, -0.2) is 9.78 Å². The van der Waals surface area contributed by atoms with E-state index in [4.69, 9.17) is 9.84 Å². The van der Waals surface area contributed by atoms with Crippen LogP contribution in [0.25, 0.3) is 0 Å². The predicted octanol–water partition coefficient (Wildman–Crippen LogP) is 4.14. The fourth-order valence-electron chi connectivity index (χ4n) is 2.02. The molecule has 21 heavy (non-hydrogen) atoms. The number of aryl methyl sites for hydroxylation is 3. The fraction of sp³-hybridized carbons (Fsp3) is 0.294. The third-order valence-corrected chi connectivity index (χ3v) is 3.31. The number of carboxylic acids is 1. The van der Waals surface area contributed by atoms with Crippen LogP contribution in [0.4, 0.5) is 0 Å². The Kier molecular flexibility index (Phi) is 4.58. The zero-order valence-corrected chi connectivity index (χ0v) is 12.5. The van der Waals surface area contributed by atoms with Crippen LogP contribution >= 0.6 is 0 Å². The van der Waals surface area contributed by atoms with Gasteiger partial charge in [-0.2, -0.15) is 0 Å². The molecule has 0 aliphatic rings. The third-order valence-electron chi connectivity index (χ3n) is 3.31. The highest BCUT2D eigenvalue weighted by Gasteiger charge is 2.10. The molecule has 0 spiro atoms. The average molecular weight is 285 g/mol. The summed E-state index contributed by atoms with van der Waals surface area (Å²) in [5, 5.41) is 9.17. The molecule has 0 saturated carbocycles. The van der Waals surface area contributed by atoms with Crippen LogP contribution in [-0.4, -0.2) is 16.1 Å². The first-order chi connectivity index (χ1) is 9.99. The van der Waals surface area contributed by atoms with Gasteiger partial charge in [0.15, 0.2) is 0 Å². The second kappa shape index (κ2) is 6.39. The molecular weight excluding hydrogens is 266 g/mol. The van der Waals surface area contributed by atoms with E-state index in [0.29, 0.717) is 11.6 Å². The molecule has 1 aromatic heterocycles. The normalized spacial score (nSPS) is 10.4. The first kappa shape index (κ1) is 15.0. The van der Waals surface area contributed by atoms with Gasteiger partial charge in [0.1, 0.15) is 5.75 Å². The minimum Gasteiger partial charge on any atom is -0.478 e. The van der Waals surface area contributed by atoms with Gasteiger partial charge in [0.25, 0.3) is 0 Å². The van der Waals surface area contributed by atoms with Gasteiger partial charge in [0.05, 0.1) is 5.56 Å². The summed E-state index contributed by atoms with van der Waals surface area (Å²) >= 11 is 0. The van der Waals surface area contributed by atoms with Crippen molar-refractivity contribution in [1.29, 1.82) is 0 Å². The molecule has 1 aromatic carbocycles. The van der Waals surface area contributed by atoms with E-state index in [1.165, 1.54) is 11.6 Å². The molecule has 0 radical (unpaired) electrons. The molecule has 0 unspecified atom stereocenters. The molecule has 110 valence electrons. The van der Waals surface area contributed by atoms with E-state index in [1.807, 2.05) is 39.0 Å². The summed E-state index contributed by atoms with van der Waals surface area (Å²) < 4.78 is 5.72. The number of aromatic carboxylic acids is 1. The van der Waals surface area contributed by atoms with Crippen molar-refractivity contribution in [3.8, 4) is 11.6 Å². The Bertz CT molecular complexity index is 665. The van der Waals surface area contributed by atoms with Gasteiger partial charge < -0.3 is 9.84 Å². The highest BCUT2D eigenvalue weighted by atomic mass is 16.5. The summed E-state index contributed by atoms with van der Waals surface area (Å²) in [6.45, 7) is 6.06.